The number of carbonyl (C=O) groups excluding carboxylic acids is 1. The van der Waals surface area contributed by atoms with Gasteiger partial charge in [-0.2, -0.15) is 0 Å². The summed E-state index contributed by atoms with van der Waals surface area (Å²) >= 11 is 0. The van der Waals surface area contributed by atoms with Crippen LogP contribution in [0.2, 0.25) is 0 Å². The van der Waals surface area contributed by atoms with Gasteiger partial charge in [0, 0.05) is 19.1 Å². The van der Waals surface area contributed by atoms with Crippen molar-refractivity contribution in [2.75, 3.05) is 26.5 Å². The molecule has 1 heterocycles. The standard InChI is InChI=1S/C11H22N2O4S/c1-4-10(11(14)17-2)12-9-5-7-13(8-6-9)18(3,15)16/h9-10,12H,4-8H2,1-3H3. The van der Waals surface area contributed by atoms with Gasteiger partial charge in [0.1, 0.15) is 6.04 Å². The second kappa shape index (κ2) is 6.49. The van der Waals surface area contributed by atoms with E-state index in [0.29, 0.717) is 19.5 Å². The number of rotatable bonds is 5. The fraction of sp³-hybridized carbons (Fsp3) is 0.909. The minimum atomic E-state index is -3.09. The molecule has 0 aliphatic carbocycles. The van der Waals surface area contributed by atoms with Crippen molar-refractivity contribution in [1.29, 1.82) is 0 Å². The van der Waals surface area contributed by atoms with Crippen LogP contribution in [-0.2, 0) is 19.6 Å². The molecule has 0 amide bonds. The normalized spacial score (nSPS) is 20.6. The Kier molecular flexibility index (Phi) is 5.55. The summed E-state index contributed by atoms with van der Waals surface area (Å²) in [4.78, 5) is 11.4. The Morgan fingerprint density at radius 2 is 2.00 bits per heavy atom. The lowest BCUT2D eigenvalue weighted by Gasteiger charge is -2.32. The molecule has 0 aromatic rings. The van der Waals surface area contributed by atoms with Crippen molar-refractivity contribution in [3.63, 3.8) is 0 Å². The van der Waals surface area contributed by atoms with Crippen molar-refractivity contribution in [3.05, 3.63) is 0 Å². The highest BCUT2D eigenvalue weighted by Crippen LogP contribution is 2.14. The summed E-state index contributed by atoms with van der Waals surface area (Å²) in [6.45, 7) is 2.93. The minimum Gasteiger partial charge on any atom is -0.468 e. The van der Waals surface area contributed by atoms with E-state index in [-0.39, 0.29) is 18.1 Å². The average Bonchev–Trinajstić information content (AvgIpc) is 2.34. The molecule has 1 aliphatic heterocycles. The second-order valence-corrected chi connectivity index (χ2v) is 6.57. The molecule has 1 aliphatic rings. The van der Waals surface area contributed by atoms with Gasteiger partial charge < -0.3 is 10.1 Å². The lowest BCUT2D eigenvalue weighted by Crippen LogP contribution is -2.49. The van der Waals surface area contributed by atoms with Crippen LogP contribution in [0.1, 0.15) is 26.2 Å². The van der Waals surface area contributed by atoms with Gasteiger partial charge in [0.15, 0.2) is 0 Å². The predicted octanol–water partition coefficient (Wildman–Crippen LogP) is -0.0484. The molecule has 0 aromatic heterocycles. The first-order valence-corrected chi connectivity index (χ1v) is 8.02. The highest BCUT2D eigenvalue weighted by atomic mass is 32.2. The van der Waals surface area contributed by atoms with Gasteiger partial charge in [-0.05, 0) is 19.3 Å². The van der Waals surface area contributed by atoms with Crippen molar-refractivity contribution < 1.29 is 17.9 Å². The molecule has 7 heteroatoms. The van der Waals surface area contributed by atoms with Crippen molar-refractivity contribution in [1.82, 2.24) is 9.62 Å². The third-order valence-corrected chi connectivity index (χ3v) is 4.56. The molecular formula is C11H22N2O4S. The van der Waals surface area contributed by atoms with Crippen molar-refractivity contribution >= 4 is 16.0 Å². The third-order valence-electron chi connectivity index (χ3n) is 3.25. The van der Waals surface area contributed by atoms with E-state index in [4.69, 9.17) is 4.74 Å². The van der Waals surface area contributed by atoms with Crippen LogP contribution in [0, 0.1) is 0 Å². The Morgan fingerprint density at radius 1 is 1.44 bits per heavy atom. The molecule has 1 rings (SSSR count). The van der Waals surface area contributed by atoms with Crippen molar-refractivity contribution in [2.24, 2.45) is 0 Å². The Morgan fingerprint density at radius 3 is 2.39 bits per heavy atom. The summed E-state index contributed by atoms with van der Waals surface area (Å²) in [5.74, 6) is -0.261. The summed E-state index contributed by atoms with van der Waals surface area (Å²) in [5.41, 5.74) is 0. The second-order valence-electron chi connectivity index (χ2n) is 4.59. The van der Waals surface area contributed by atoms with Gasteiger partial charge in [-0.3, -0.25) is 4.79 Å². The molecule has 0 radical (unpaired) electrons. The molecule has 0 bridgehead atoms. The molecule has 0 spiro atoms. The fourth-order valence-electron chi connectivity index (χ4n) is 2.13. The van der Waals surface area contributed by atoms with Gasteiger partial charge >= 0.3 is 5.97 Å². The number of sulfonamides is 1. The van der Waals surface area contributed by atoms with Gasteiger partial charge in [-0.1, -0.05) is 6.92 Å². The lowest BCUT2D eigenvalue weighted by atomic mass is 10.0. The van der Waals surface area contributed by atoms with E-state index in [2.05, 4.69) is 5.32 Å². The van der Waals surface area contributed by atoms with Gasteiger partial charge in [0.25, 0.3) is 0 Å². The van der Waals surface area contributed by atoms with E-state index >= 15 is 0 Å². The summed E-state index contributed by atoms with van der Waals surface area (Å²) in [7, 11) is -1.72. The molecule has 1 saturated heterocycles. The van der Waals surface area contributed by atoms with Crippen molar-refractivity contribution in [2.45, 2.75) is 38.3 Å². The molecule has 106 valence electrons. The molecule has 1 atom stereocenters. The van der Waals surface area contributed by atoms with Crippen LogP contribution in [0.5, 0.6) is 0 Å². The molecule has 6 nitrogen and oxygen atoms in total. The maximum absolute atomic E-state index is 11.4. The highest BCUT2D eigenvalue weighted by molar-refractivity contribution is 7.88. The number of nitrogens with one attached hydrogen (secondary N) is 1. The number of hydrogen-bond donors (Lipinski definition) is 1. The Hall–Kier alpha value is -0.660. The number of carbonyl (C=O) groups is 1. The number of nitrogens with zero attached hydrogens (tertiary/aromatic N) is 1. The first kappa shape index (κ1) is 15.4. The molecule has 1 unspecified atom stereocenters. The summed E-state index contributed by atoms with van der Waals surface area (Å²) < 4.78 is 28.9. The molecule has 18 heavy (non-hydrogen) atoms. The largest absolute Gasteiger partial charge is 0.468 e. The zero-order chi connectivity index (χ0) is 13.8. The topological polar surface area (TPSA) is 75.7 Å². The third kappa shape index (κ3) is 4.22. The summed E-state index contributed by atoms with van der Waals surface area (Å²) in [5, 5.41) is 3.23. The van der Waals surface area contributed by atoms with Crippen LogP contribution < -0.4 is 5.32 Å². The Labute approximate surface area is 109 Å². The monoisotopic (exact) mass is 278 g/mol. The summed E-state index contributed by atoms with van der Waals surface area (Å²) in [6, 6.07) is -0.128. The number of methoxy groups -OCH3 is 1. The van der Waals surface area contributed by atoms with Crippen LogP contribution in [-0.4, -0.2) is 57.2 Å². The summed E-state index contributed by atoms with van der Waals surface area (Å²) in [6.07, 6.45) is 3.34. The fourth-order valence-corrected chi connectivity index (χ4v) is 3.01. The lowest BCUT2D eigenvalue weighted by molar-refractivity contribution is -0.143. The number of ether oxygens (including phenoxy) is 1. The van der Waals surface area contributed by atoms with Crippen molar-refractivity contribution in [3.8, 4) is 0 Å². The van der Waals surface area contributed by atoms with Gasteiger partial charge in [0.2, 0.25) is 10.0 Å². The molecule has 1 fully saturated rings. The maximum atomic E-state index is 11.4. The van der Waals surface area contributed by atoms with Crippen LogP contribution >= 0.6 is 0 Å². The molecular weight excluding hydrogens is 256 g/mol. The number of esters is 1. The quantitative estimate of drug-likeness (QED) is 0.714. The smallest absolute Gasteiger partial charge is 0.322 e. The Bertz CT molecular complexity index is 375. The Balaban J connectivity index is 2.46. The van der Waals surface area contributed by atoms with Crippen LogP contribution in [0.4, 0.5) is 0 Å². The average molecular weight is 278 g/mol. The minimum absolute atomic E-state index is 0.173. The van der Waals surface area contributed by atoms with E-state index in [1.165, 1.54) is 17.7 Å². The molecule has 0 aromatic carbocycles. The van der Waals surface area contributed by atoms with E-state index in [1.807, 2.05) is 6.92 Å². The van der Waals surface area contributed by atoms with E-state index in [9.17, 15) is 13.2 Å². The van der Waals surface area contributed by atoms with E-state index < -0.39 is 10.0 Å². The van der Waals surface area contributed by atoms with Crippen LogP contribution in [0.25, 0.3) is 0 Å². The van der Waals surface area contributed by atoms with E-state index in [1.54, 1.807) is 0 Å². The zero-order valence-electron chi connectivity index (χ0n) is 11.2. The SMILES string of the molecule is CCC(NC1CCN(S(C)(=O)=O)CC1)C(=O)OC. The zero-order valence-corrected chi connectivity index (χ0v) is 12.0. The number of piperidine rings is 1. The molecule has 1 N–H and O–H groups in total. The molecule has 0 saturated carbocycles. The van der Waals surface area contributed by atoms with Gasteiger partial charge in [-0.15, -0.1) is 0 Å². The van der Waals surface area contributed by atoms with E-state index in [0.717, 1.165) is 12.8 Å². The highest BCUT2D eigenvalue weighted by Gasteiger charge is 2.27. The van der Waals surface area contributed by atoms with Gasteiger partial charge in [-0.25, -0.2) is 12.7 Å². The van der Waals surface area contributed by atoms with Crippen LogP contribution in [0.15, 0.2) is 0 Å². The van der Waals surface area contributed by atoms with Gasteiger partial charge in [0.05, 0.1) is 13.4 Å². The van der Waals surface area contributed by atoms with Crippen LogP contribution in [0.3, 0.4) is 0 Å². The first-order valence-electron chi connectivity index (χ1n) is 6.17. The first-order chi connectivity index (χ1) is 8.38. The predicted molar refractivity (Wildman–Crippen MR) is 68.7 cm³/mol. The number of hydrogen-bond acceptors (Lipinski definition) is 5. The maximum Gasteiger partial charge on any atom is 0.322 e.